The van der Waals surface area contributed by atoms with Crippen LogP contribution in [-0.4, -0.2) is 34.0 Å². The number of rotatable bonds is 4. The lowest BCUT2D eigenvalue weighted by atomic mass is 9.99. The van der Waals surface area contributed by atoms with Crippen molar-refractivity contribution in [1.29, 1.82) is 0 Å². The Hall–Kier alpha value is -2.21. The highest BCUT2D eigenvalue weighted by atomic mass is 16.2. The molecule has 0 spiro atoms. The third-order valence-corrected chi connectivity index (χ3v) is 4.02. The predicted octanol–water partition coefficient (Wildman–Crippen LogP) is 1.23. The van der Waals surface area contributed by atoms with Crippen LogP contribution in [0.15, 0.2) is 36.5 Å². The van der Waals surface area contributed by atoms with Gasteiger partial charge in [0.1, 0.15) is 5.69 Å². The predicted molar refractivity (Wildman–Crippen MR) is 83.5 cm³/mol. The van der Waals surface area contributed by atoms with Gasteiger partial charge in [0.2, 0.25) is 5.91 Å². The molecule has 1 unspecified atom stereocenters. The number of carbonyl (C=O) groups excluding carboxylic acids is 1. The van der Waals surface area contributed by atoms with Crippen molar-refractivity contribution in [2.24, 2.45) is 5.92 Å². The Kier molecular flexibility index (Phi) is 3.94. The van der Waals surface area contributed by atoms with Crippen molar-refractivity contribution in [3.8, 4) is 5.69 Å². The van der Waals surface area contributed by atoms with E-state index in [1.54, 1.807) is 4.68 Å². The molecule has 1 aliphatic rings. The molecule has 0 radical (unpaired) electrons. The number of carbonyl (C=O) groups is 1. The molecule has 1 aromatic heterocycles. The molecule has 1 atom stereocenters. The van der Waals surface area contributed by atoms with E-state index in [9.17, 15) is 4.79 Å². The molecule has 22 heavy (non-hydrogen) atoms. The molecule has 116 valence electrons. The van der Waals surface area contributed by atoms with E-state index in [1.807, 2.05) is 50.4 Å². The third kappa shape index (κ3) is 3.01. The molecular weight excluding hydrogens is 278 g/mol. The second-order valence-electron chi connectivity index (χ2n) is 6.19. The van der Waals surface area contributed by atoms with Gasteiger partial charge in [0, 0.05) is 6.54 Å². The van der Waals surface area contributed by atoms with Crippen LogP contribution in [0.3, 0.4) is 0 Å². The summed E-state index contributed by atoms with van der Waals surface area (Å²) in [5, 5.41) is 14.7. The maximum absolute atomic E-state index is 12.3. The second kappa shape index (κ2) is 5.88. The molecule has 1 amide bonds. The monoisotopic (exact) mass is 299 g/mol. The summed E-state index contributed by atoms with van der Waals surface area (Å²) in [6, 6.07) is 9.80. The molecular formula is C16H21N5O. The van der Waals surface area contributed by atoms with Crippen LogP contribution in [0, 0.1) is 5.92 Å². The van der Waals surface area contributed by atoms with Crippen LogP contribution in [0.1, 0.15) is 26.0 Å². The highest BCUT2D eigenvalue weighted by molar-refractivity contribution is 5.80. The van der Waals surface area contributed by atoms with Crippen molar-refractivity contribution in [3.63, 3.8) is 0 Å². The van der Waals surface area contributed by atoms with Gasteiger partial charge in [-0.15, -0.1) is 5.10 Å². The van der Waals surface area contributed by atoms with Gasteiger partial charge in [-0.25, -0.2) is 4.68 Å². The van der Waals surface area contributed by atoms with Gasteiger partial charge < -0.3 is 10.6 Å². The molecule has 6 heteroatoms. The van der Waals surface area contributed by atoms with Crippen molar-refractivity contribution in [1.82, 2.24) is 25.6 Å². The summed E-state index contributed by atoms with van der Waals surface area (Å²) in [6.45, 7) is 5.56. The average molecular weight is 299 g/mol. The SMILES string of the molecule is CC(C)(NC(=O)C1CCNC1)c1cn(-c2ccccc2)nn1. The number of benzene rings is 1. The Bertz CT molecular complexity index is 644. The Morgan fingerprint density at radius 1 is 1.36 bits per heavy atom. The van der Waals surface area contributed by atoms with E-state index < -0.39 is 5.54 Å². The molecule has 3 rings (SSSR count). The van der Waals surface area contributed by atoms with Crippen LogP contribution in [0.5, 0.6) is 0 Å². The normalized spacial score (nSPS) is 18.4. The Morgan fingerprint density at radius 3 is 2.82 bits per heavy atom. The molecule has 0 aliphatic carbocycles. The lowest BCUT2D eigenvalue weighted by Gasteiger charge is -2.25. The number of hydrogen-bond acceptors (Lipinski definition) is 4. The number of aromatic nitrogens is 3. The van der Waals surface area contributed by atoms with Gasteiger partial charge in [0.25, 0.3) is 0 Å². The van der Waals surface area contributed by atoms with E-state index in [0.717, 1.165) is 30.9 Å². The molecule has 1 saturated heterocycles. The van der Waals surface area contributed by atoms with Gasteiger partial charge in [-0.1, -0.05) is 23.4 Å². The van der Waals surface area contributed by atoms with E-state index in [1.165, 1.54) is 0 Å². The lowest BCUT2D eigenvalue weighted by Crippen LogP contribution is -2.44. The Labute approximate surface area is 129 Å². The van der Waals surface area contributed by atoms with Crippen LogP contribution in [0.25, 0.3) is 5.69 Å². The van der Waals surface area contributed by atoms with Crippen molar-refractivity contribution in [2.45, 2.75) is 25.8 Å². The molecule has 0 saturated carbocycles. The van der Waals surface area contributed by atoms with Gasteiger partial charge in [-0.05, 0) is 38.9 Å². The summed E-state index contributed by atoms with van der Waals surface area (Å²) in [4.78, 5) is 12.3. The zero-order valence-electron chi connectivity index (χ0n) is 12.9. The van der Waals surface area contributed by atoms with Crippen molar-refractivity contribution in [2.75, 3.05) is 13.1 Å². The quantitative estimate of drug-likeness (QED) is 0.890. The zero-order chi connectivity index (χ0) is 15.6. The fourth-order valence-corrected chi connectivity index (χ4v) is 2.61. The Balaban J connectivity index is 1.75. The summed E-state index contributed by atoms with van der Waals surface area (Å²) < 4.78 is 1.72. The first-order valence-electron chi connectivity index (χ1n) is 7.57. The van der Waals surface area contributed by atoms with Crippen molar-refractivity contribution >= 4 is 5.91 Å². The molecule has 2 heterocycles. The van der Waals surface area contributed by atoms with Crippen molar-refractivity contribution < 1.29 is 4.79 Å². The summed E-state index contributed by atoms with van der Waals surface area (Å²) in [7, 11) is 0. The number of nitrogens with zero attached hydrogens (tertiary/aromatic N) is 3. The number of nitrogens with one attached hydrogen (secondary N) is 2. The summed E-state index contributed by atoms with van der Waals surface area (Å²) in [5.41, 5.74) is 1.14. The number of para-hydroxylation sites is 1. The highest BCUT2D eigenvalue weighted by Gasteiger charge is 2.31. The minimum atomic E-state index is -0.549. The first kappa shape index (κ1) is 14.7. The minimum Gasteiger partial charge on any atom is -0.345 e. The number of hydrogen-bond donors (Lipinski definition) is 2. The van der Waals surface area contributed by atoms with Crippen LogP contribution in [0.2, 0.25) is 0 Å². The van der Waals surface area contributed by atoms with Gasteiger partial charge >= 0.3 is 0 Å². The molecule has 1 fully saturated rings. The maximum atomic E-state index is 12.3. The topological polar surface area (TPSA) is 71.8 Å². The van der Waals surface area contributed by atoms with Gasteiger partial charge in [0.05, 0.1) is 23.3 Å². The summed E-state index contributed by atoms with van der Waals surface area (Å²) >= 11 is 0. The Morgan fingerprint density at radius 2 is 2.14 bits per heavy atom. The molecule has 6 nitrogen and oxygen atoms in total. The van der Waals surface area contributed by atoms with Gasteiger partial charge in [-0.2, -0.15) is 0 Å². The fraction of sp³-hybridized carbons (Fsp3) is 0.438. The number of amides is 1. The lowest BCUT2D eigenvalue weighted by molar-refractivity contribution is -0.126. The van der Waals surface area contributed by atoms with Crippen LogP contribution in [0.4, 0.5) is 0 Å². The van der Waals surface area contributed by atoms with Crippen molar-refractivity contribution in [3.05, 3.63) is 42.2 Å². The van der Waals surface area contributed by atoms with Crippen LogP contribution in [-0.2, 0) is 10.3 Å². The van der Waals surface area contributed by atoms with Crippen LogP contribution >= 0.6 is 0 Å². The highest BCUT2D eigenvalue weighted by Crippen LogP contribution is 2.20. The first-order valence-corrected chi connectivity index (χ1v) is 7.57. The minimum absolute atomic E-state index is 0.0449. The molecule has 1 aromatic carbocycles. The largest absolute Gasteiger partial charge is 0.345 e. The van der Waals surface area contributed by atoms with E-state index in [0.29, 0.717) is 0 Å². The van der Waals surface area contributed by atoms with E-state index >= 15 is 0 Å². The van der Waals surface area contributed by atoms with Gasteiger partial charge in [-0.3, -0.25) is 4.79 Å². The first-order chi connectivity index (χ1) is 10.6. The standard InChI is InChI=1S/C16H21N5O/c1-16(2,18-15(22)12-8-9-17-10-12)14-11-21(20-19-14)13-6-4-3-5-7-13/h3-7,11-12,17H,8-10H2,1-2H3,(H,18,22). The van der Waals surface area contributed by atoms with Gasteiger partial charge in [0.15, 0.2) is 0 Å². The maximum Gasteiger partial charge on any atom is 0.225 e. The molecule has 1 aliphatic heterocycles. The summed E-state index contributed by atoms with van der Waals surface area (Å²) in [6.07, 6.45) is 2.75. The summed E-state index contributed by atoms with van der Waals surface area (Å²) in [5.74, 6) is 0.118. The molecule has 2 aromatic rings. The molecule has 0 bridgehead atoms. The zero-order valence-corrected chi connectivity index (χ0v) is 12.9. The smallest absolute Gasteiger partial charge is 0.225 e. The second-order valence-corrected chi connectivity index (χ2v) is 6.19. The van der Waals surface area contributed by atoms with E-state index in [2.05, 4.69) is 20.9 Å². The molecule has 2 N–H and O–H groups in total. The van der Waals surface area contributed by atoms with E-state index in [-0.39, 0.29) is 11.8 Å². The third-order valence-electron chi connectivity index (χ3n) is 4.02. The van der Waals surface area contributed by atoms with Crippen LogP contribution < -0.4 is 10.6 Å². The van der Waals surface area contributed by atoms with E-state index in [4.69, 9.17) is 0 Å². The average Bonchev–Trinajstić information content (AvgIpc) is 3.20. The fourth-order valence-electron chi connectivity index (χ4n) is 2.61.